The van der Waals surface area contributed by atoms with Gasteiger partial charge in [-0.05, 0) is 43.3 Å². The molecule has 2 unspecified atom stereocenters. The SMILES string of the molecule is COc1ccccc1N1CCN(C(=O)c2ccc(NS(=O)O)cc2)C(C)C1. The number of hydrogen-bond acceptors (Lipinski definition) is 4. The Morgan fingerprint density at radius 1 is 1.19 bits per heavy atom. The van der Waals surface area contributed by atoms with E-state index in [0.29, 0.717) is 17.8 Å². The highest BCUT2D eigenvalue weighted by atomic mass is 32.2. The second-order valence-corrected chi connectivity index (χ2v) is 7.10. The maximum absolute atomic E-state index is 12.9. The molecule has 27 heavy (non-hydrogen) atoms. The molecular weight excluding hydrogens is 366 g/mol. The van der Waals surface area contributed by atoms with E-state index in [1.165, 1.54) is 0 Å². The topological polar surface area (TPSA) is 82.1 Å². The standard InChI is InChI=1S/C19H23N3O4S/c1-14-13-21(17-5-3-4-6-18(17)26-2)11-12-22(14)19(23)15-7-9-16(10-8-15)20-27(24)25/h3-10,14,20H,11-13H2,1-2H3,(H,24,25). The molecule has 0 saturated carbocycles. The third-order valence-corrected chi connectivity index (χ3v) is 5.06. The number of carbonyl (C=O) groups is 1. The number of para-hydroxylation sites is 2. The van der Waals surface area contributed by atoms with Crippen molar-refractivity contribution in [2.24, 2.45) is 0 Å². The van der Waals surface area contributed by atoms with Crippen LogP contribution in [0.15, 0.2) is 48.5 Å². The summed E-state index contributed by atoms with van der Waals surface area (Å²) >= 11 is -2.13. The second-order valence-electron chi connectivity index (χ2n) is 6.39. The number of nitrogens with zero attached hydrogens (tertiary/aromatic N) is 2. The smallest absolute Gasteiger partial charge is 0.259 e. The Balaban J connectivity index is 1.69. The lowest BCUT2D eigenvalue weighted by molar-refractivity contribution is 0.0674. The van der Waals surface area contributed by atoms with Gasteiger partial charge in [-0.1, -0.05) is 12.1 Å². The van der Waals surface area contributed by atoms with Crippen LogP contribution in [0.4, 0.5) is 11.4 Å². The molecule has 0 spiro atoms. The highest BCUT2D eigenvalue weighted by Crippen LogP contribution is 2.29. The van der Waals surface area contributed by atoms with Crippen LogP contribution in [0, 0.1) is 0 Å². The molecule has 0 radical (unpaired) electrons. The number of hydrogen-bond donors (Lipinski definition) is 2. The molecule has 1 aliphatic heterocycles. The Bertz CT molecular complexity index is 828. The lowest BCUT2D eigenvalue weighted by Crippen LogP contribution is -2.54. The van der Waals surface area contributed by atoms with Gasteiger partial charge in [-0.3, -0.25) is 14.1 Å². The first-order chi connectivity index (χ1) is 13.0. The zero-order chi connectivity index (χ0) is 19.4. The monoisotopic (exact) mass is 389 g/mol. The number of carbonyl (C=O) groups excluding carboxylic acids is 1. The molecule has 1 fully saturated rings. The van der Waals surface area contributed by atoms with Crippen molar-refractivity contribution >= 4 is 28.5 Å². The number of rotatable bonds is 5. The first-order valence-corrected chi connectivity index (χ1v) is 9.77. The van der Waals surface area contributed by atoms with Crippen LogP contribution in [0.2, 0.25) is 0 Å². The molecule has 1 aliphatic rings. The van der Waals surface area contributed by atoms with E-state index in [2.05, 4.69) is 9.62 Å². The summed E-state index contributed by atoms with van der Waals surface area (Å²) in [7, 11) is 1.66. The van der Waals surface area contributed by atoms with Crippen LogP contribution in [0.5, 0.6) is 5.75 Å². The fourth-order valence-corrected chi connectivity index (χ4v) is 3.65. The fraction of sp³-hybridized carbons (Fsp3) is 0.316. The van der Waals surface area contributed by atoms with E-state index < -0.39 is 11.3 Å². The van der Waals surface area contributed by atoms with E-state index in [4.69, 9.17) is 9.29 Å². The predicted octanol–water partition coefficient (Wildman–Crippen LogP) is 2.59. The fourth-order valence-electron chi connectivity index (χ4n) is 3.32. The lowest BCUT2D eigenvalue weighted by Gasteiger charge is -2.41. The van der Waals surface area contributed by atoms with Crippen molar-refractivity contribution in [1.29, 1.82) is 0 Å². The number of piperazine rings is 1. The van der Waals surface area contributed by atoms with Crippen LogP contribution >= 0.6 is 0 Å². The summed E-state index contributed by atoms with van der Waals surface area (Å²) in [5, 5.41) is 0. The van der Waals surface area contributed by atoms with Crippen molar-refractivity contribution in [2.45, 2.75) is 13.0 Å². The van der Waals surface area contributed by atoms with Gasteiger partial charge in [0, 0.05) is 36.9 Å². The van der Waals surface area contributed by atoms with Crippen molar-refractivity contribution in [1.82, 2.24) is 4.90 Å². The third kappa shape index (κ3) is 4.40. The van der Waals surface area contributed by atoms with Crippen molar-refractivity contribution in [2.75, 3.05) is 36.4 Å². The Morgan fingerprint density at radius 3 is 2.52 bits per heavy atom. The van der Waals surface area contributed by atoms with Gasteiger partial charge in [-0.2, -0.15) is 0 Å². The zero-order valence-electron chi connectivity index (χ0n) is 15.3. The number of benzene rings is 2. The molecule has 2 N–H and O–H groups in total. The number of methoxy groups -OCH3 is 1. The predicted molar refractivity (Wildman–Crippen MR) is 107 cm³/mol. The van der Waals surface area contributed by atoms with Crippen LogP contribution in [0.1, 0.15) is 17.3 Å². The quantitative estimate of drug-likeness (QED) is 0.768. The summed E-state index contributed by atoms with van der Waals surface area (Å²) in [6.45, 7) is 4.08. The minimum atomic E-state index is -2.13. The maximum Gasteiger partial charge on any atom is 0.259 e. The Kier molecular flexibility index (Phi) is 5.98. The van der Waals surface area contributed by atoms with Gasteiger partial charge in [0.1, 0.15) is 5.75 Å². The summed E-state index contributed by atoms with van der Waals surface area (Å²) in [4.78, 5) is 17.0. The molecule has 0 aromatic heterocycles. The van der Waals surface area contributed by atoms with Crippen LogP contribution in [-0.2, 0) is 11.3 Å². The van der Waals surface area contributed by atoms with Gasteiger partial charge in [0.2, 0.25) is 0 Å². The van der Waals surface area contributed by atoms with Crippen LogP contribution in [0.25, 0.3) is 0 Å². The van der Waals surface area contributed by atoms with Crippen molar-refractivity contribution < 1.29 is 18.3 Å². The Morgan fingerprint density at radius 2 is 1.89 bits per heavy atom. The summed E-state index contributed by atoms with van der Waals surface area (Å²) < 4.78 is 27.5. The zero-order valence-corrected chi connectivity index (χ0v) is 16.1. The summed E-state index contributed by atoms with van der Waals surface area (Å²) in [6, 6.07) is 14.5. The van der Waals surface area contributed by atoms with E-state index in [9.17, 15) is 9.00 Å². The second kappa shape index (κ2) is 8.41. The molecule has 7 nitrogen and oxygen atoms in total. The van der Waals surface area contributed by atoms with Gasteiger partial charge < -0.3 is 14.5 Å². The van der Waals surface area contributed by atoms with Crippen LogP contribution in [0.3, 0.4) is 0 Å². The van der Waals surface area contributed by atoms with Crippen molar-refractivity contribution in [3.8, 4) is 5.75 Å². The largest absolute Gasteiger partial charge is 0.495 e. The molecular formula is C19H23N3O4S. The first-order valence-electron chi connectivity index (χ1n) is 8.66. The molecule has 2 aromatic rings. The average Bonchev–Trinajstić information content (AvgIpc) is 2.67. The number of amides is 1. The average molecular weight is 389 g/mol. The Labute approximate surface area is 161 Å². The maximum atomic E-state index is 12.9. The summed E-state index contributed by atoms with van der Waals surface area (Å²) in [6.07, 6.45) is 0. The Hall–Kier alpha value is -2.58. The van der Waals surface area contributed by atoms with Crippen LogP contribution in [-0.4, -0.2) is 52.4 Å². The number of nitrogens with one attached hydrogen (secondary N) is 1. The summed E-state index contributed by atoms with van der Waals surface area (Å²) in [5.41, 5.74) is 2.08. The molecule has 2 aromatic carbocycles. The first kappa shape index (κ1) is 19.2. The lowest BCUT2D eigenvalue weighted by atomic mass is 10.1. The third-order valence-electron chi connectivity index (χ3n) is 4.65. The van der Waals surface area contributed by atoms with Crippen molar-refractivity contribution in [3.05, 3.63) is 54.1 Å². The normalized spacial score (nSPS) is 18.1. The van der Waals surface area contributed by atoms with Gasteiger partial charge in [0.15, 0.2) is 0 Å². The van der Waals surface area contributed by atoms with Crippen molar-refractivity contribution in [3.63, 3.8) is 0 Å². The molecule has 1 heterocycles. The van der Waals surface area contributed by atoms with E-state index in [0.717, 1.165) is 24.5 Å². The van der Waals surface area contributed by atoms with E-state index in [-0.39, 0.29) is 11.9 Å². The van der Waals surface area contributed by atoms with Gasteiger partial charge in [0.25, 0.3) is 17.2 Å². The minimum Gasteiger partial charge on any atom is -0.495 e. The number of anilines is 2. The molecule has 0 bridgehead atoms. The molecule has 144 valence electrons. The molecule has 2 atom stereocenters. The van der Waals surface area contributed by atoms with Gasteiger partial charge in [-0.25, -0.2) is 4.21 Å². The minimum absolute atomic E-state index is 0.0407. The van der Waals surface area contributed by atoms with Gasteiger partial charge >= 0.3 is 0 Å². The molecule has 1 saturated heterocycles. The number of ether oxygens (including phenoxy) is 1. The van der Waals surface area contributed by atoms with E-state index in [1.54, 1.807) is 31.4 Å². The molecule has 3 rings (SSSR count). The van der Waals surface area contributed by atoms with Gasteiger partial charge in [0.05, 0.1) is 12.8 Å². The molecule has 1 amide bonds. The highest BCUT2D eigenvalue weighted by Gasteiger charge is 2.29. The highest BCUT2D eigenvalue weighted by molar-refractivity contribution is 7.80. The van der Waals surface area contributed by atoms with Gasteiger partial charge in [-0.15, -0.1) is 0 Å². The van der Waals surface area contributed by atoms with E-state index >= 15 is 0 Å². The molecule has 0 aliphatic carbocycles. The summed E-state index contributed by atoms with van der Waals surface area (Å²) in [5.74, 6) is 0.785. The molecule has 8 heteroatoms. The van der Waals surface area contributed by atoms with E-state index in [1.807, 2.05) is 36.1 Å². The van der Waals surface area contributed by atoms with Crippen LogP contribution < -0.4 is 14.4 Å².